The smallest absolute Gasteiger partial charge is 0.311 e. The van der Waals surface area contributed by atoms with Crippen LogP contribution in [0.1, 0.15) is 12.6 Å². The van der Waals surface area contributed by atoms with E-state index in [1.165, 1.54) is 0 Å². The van der Waals surface area contributed by atoms with Crippen LogP contribution in [0, 0.1) is 0 Å². The van der Waals surface area contributed by atoms with E-state index in [0.717, 1.165) is 0 Å². The molecule has 0 saturated heterocycles. The quantitative estimate of drug-likeness (QED) is 0.794. The summed E-state index contributed by atoms with van der Waals surface area (Å²) in [6.07, 6.45) is 3.36. The highest BCUT2D eigenvalue weighted by atomic mass is 35.5. The first-order chi connectivity index (χ1) is 8.72. The zero-order valence-corrected chi connectivity index (χ0v) is 10.6. The van der Waals surface area contributed by atoms with Crippen LogP contribution in [-0.2, 0) is 16.0 Å². The third kappa shape index (κ3) is 2.68. The number of esters is 1. The summed E-state index contributed by atoms with van der Waals surface area (Å²) in [4.78, 5) is 15.6. The summed E-state index contributed by atoms with van der Waals surface area (Å²) in [5, 5.41) is 4.60. The average Bonchev–Trinajstić information content (AvgIpc) is 2.78. The highest BCUT2D eigenvalue weighted by Gasteiger charge is 2.13. The number of halogens is 1. The molecule has 0 spiro atoms. The summed E-state index contributed by atoms with van der Waals surface area (Å²) in [7, 11) is 0. The lowest BCUT2D eigenvalue weighted by molar-refractivity contribution is -0.142. The lowest BCUT2D eigenvalue weighted by atomic mass is 10.3. The minimum atomic E-state index is -0.300. The standard InChI is InChI=1S/C12H12ClN3O2/c1-2-18-11(17)8-9-5-7-15-16(9)12-10(13)4-3-6-14-12/h3-7H,2,8H2,1H3. The Balaban J connectivity index is 2.28. The van der Waals surface area contributed by atoms with Gasteiger partial charge in [-0.25, -0.2) is 9.67 Å². The van der Waals surface area contributed by atoms with Gasteiger partial charge in [-0.1, -0.05) is 11.6 Å². The van der Waals surface area contributed by atoms with Crippen LogP contribution in [0.5, 0.6) is 0 Å². The van der Waals surface area contributed by atoms with Crippen molar-refractivity contribution in [1.29, 1.82) is 0 Å². The maximum Gasteiger partial charge on any atom is 0.311 e. The Morgan fingerprint density at radius 3 is 3.00 bits per heavy atom. The lowest BCUT2D eigenvalue weighted by Gasteiger charge is -2.07. The van der Waals surface area contributed by atoms with Gasteiger partial charge < -0.3 is 4.74 Å². The van der Waals surface area contributed by atoms with Crippen molar-refractivity contribution in [3.8, 4) is 5.82 Å². The van der Waals surface area contributed by atoms with E-state index in [9.17, 15) is 4.79 Å². The molecule has 0 aliphatic heterocycles. The molecule has 2 heterocycles. The minimum absolute atomic E-state index is 0.140. The molecule has 0 unspecified atom stereocenters. The Morgan fingerprint density at radius 2 is 2.28 bits per heavy atom. The number of carbonyl (C=O) groups excluding carboxylic acids is 1. The summed E-state index contributed by atoms with van der Waals surface area (Å²) in [5.41, 5.74) is 0.689. The fraction of sp³-hybridized carbons (Fsp3) is 0.250. The number of hydrogen-bond donors (Lipinski definition) is 0. The lowest BCUT2D eigenvalue weighted by Crippen LogP contribution is -2.12. The number of carbonyl (C=O) groups is 1. The molecule has 94 valence electrons. The summed E-state index contributed by atoms with van der Waals surface area (Å²) in [5.74, 6) is 0.203. The van der Waals surface area contributed by atoms with Crippen molar-refractivity contribution >= 4 is 17.6 Å². The second kappa shape index (κ2) is 5.64. The van der Waals surface area contributed by atoms with Crippen molar-refractivity contribution in [3.63, 3.8) is 0 Å². The summed E-state index contributed by atoms with van der Waals surface area (Å²) in [6, 6.07) is 5.20. The van der Waals surface area contributed by atoms with E-state index in [1.807, 2.05) is 0 Å². The molecule has 0 aromatic carbocycles. The number of rotatable bonds is 4. The fourth-order valence-electron chi connectivity index (χ4n) is 1.55. The molecule has 0 bridgehead atoms. The van der Waals surface area contributed by atoms with Gasteiger partial charge in [-0.3, -0.25) is 4.79 Å². The molecule has 5 nitrogen and oxygen atoms in total. The van der Waals surface area contributed by atoms with Crippen LogP contribution in [0.4, 0.5) is 0 Å². The number of ether oxygens (including phenoxy) is 1. The van der Waals surface area contributed by atoms with Gasteiger partial charge in [0.2, 0.25) is 0 Å². The fourth-order valence-corrected chi connectivity index (χ4v) is 1.75. The molecule has 0 radical (unpaired) electrons. The van der Waals surface area contributed by atoms with Crippen molar-refractivity contribution in [1.82, 2.24) is 14.8 Å². The topological polar surface area (TPSA) is 57.0 Å². The third-order valence-corrected chi connectivity index (χ3v) is 2.59. The Morgan fingerprint density at radius 1 is 1.44 bits per heavy atom. The highest BCUT2D eigenvalue weighted by Crippen LogP contribution is 2.18. The highest BCUT2D eigenvalue weighted by molar-refractivity contribution is 6.32. The van der Waals surface area contributed by atoms with Crippen LogP contribution < -0.4 is 0 Å². The second-order valence-corrected chi connectivity index (χ2v) is 3.93. The summed E-state index contributed by atoms with van der Waals surface area (Å²) >= 11 is 6.05. The van der Waals surface area contributed by atoms with E-state index in [4.69, 9.17) is 16.3 Å². The van der Waals surface area contributed by atoms with Gasteiger partial charge in [0.1, 0.15) is 0 Å². The van der Waals surface area contributed by atoms with Crippen LogP contribution in [-0.4, -0.2) is 27.3 Å². The molecule has 6 heteroatoms. The molecule has 0 atom stereocenters. The zero-order chi connectivity index (χ0) is 13.0. The van der Waals surface area contributed by atoms with E-state index in [0.29, 0.717) is 23.1 Å². The van der Waals surface area contributed by atoms with Crippen molar-refractivity contribution in [2.75, 3.05) is 6.61 Å². The number of aromatic nitrogens is 3. The van der Waals surface area contributed by atoms with E-state index >= 15 is 0 Å². The van der Waals surface area contributed by atoms with Crippen LogP contribution in [0.2, 0.25) is 5.02 Å². The van der Waals surface area contributed by atoms with E-state index in [1.54, 1.807) is 42.2 Å². The summed E-state index contributed by atoms with van der Waals surface area (Å²) in [6.45, 7) is 2.13. The average molecular weight is 266 g/mol. The molecule has 0 fully saturated rings. The Labute approximate surface area is 109 Å². The van der Waals surface area contributed by atoms with E-state index < -0.39 is 0 Å². The molecule has 2 aromatic rings. The Kier molecular flexibility index (Phi) is 3.94. The van der Waals surface area contributed by atoms with Gasteiger partial charge in [-0.05, 0) is 25.1 Å². The normalized spacial score (nSPS) is 10.3. The van der Waals surface area contributed by atoms with Crippen molar-refractivity contribution < 1.29 is 9.53 Å². The van der Waals surface area contributed by atoms with Gasteiger partial charge in [0, 0.05) is 12.4 Å². The van der Waals surface area contributed by atoms with Gasteiger partial charge in [-0.2, -0.15) is 5.10 Å². The van der Waals surface area contributed by atoms with Crippen LogP contribution >= 0.6 is 11.6 Å². The predicted octanol–water partition coefficient (Wildman–Crippen LogP) is 2.03. The van der Waals surface area contributed by atoms with Gasteiger partial charge in [0.25, 0.3) is 0 Å². The van der Waals surface area contributed by atoms with Gasteiger partial charge in [0.05, 0.1) is 23.7 Å². The Hall–Kier alpha value is -1.88. The van der Waals surface area contributed by atoms with Crippen LogP contribution in [0.3, 0.4) is 0 Å². The van der Waals surface area contributed by atoms with Crippen molar-refractivity contribution in [2.45, 2.75) is 13.3 Å². The summed E-state index contributed by atoms with van der Waals surface area (Å²) < 4.78 is 6.44. The SMILES string of the molecule is CCOC(=O)Cc1ccnn1-c1ncccc1Cl. The molecule has 0 aliphatic rings. The molecule has 2 rings (SSSR count). The van der Waals surface area contributed by atoms with Gasteiger partial charge in [0.15, 0.2) is 5.82 Å². The van der Waals surface area contributed by atoms with Crippen molar-refractivity contribution in [2.24, 2.45) is 0 Å². The first-order valence-electron chi connectivity index (χ1n) is 5.51. The molecule has 0 saturated carbocycles. The first kappa shape index (κ1) is 12.6. The van der Waals surface area contributed by atoms with Crippen LogP contribution in [0.15, 0.2) is 30.6 Å². The molecule has 0 N–H and O–H groups in total. The zero-order valence-electron chi connectivity index (χ0n) is 9.84. The number of hydrogen-bond acceptors (Lipinski definition) is 4. The van der Waals surface area contributed by atoms with Gasteiger partial charge in [-0.15, -0.1) is 0 Å². The first-order valence-corrected chi connectivity index (χ1v) is 5.89. The number of nitrogens with zero attached hydrogens (tertiary/aromatic N) is 3. The second-order valence-electron chi connectivity index (χ2n) is 3.52. The molecule has 0 aliphatic carbocycles. The molecule has 18 heavy (non-hydrogen) atoms. The Bertz CT molecular complexity index is 554. The molecular weight excluding hydrogens is 254 g/mol. The largest absolute Gasteiger partial charge is 0.466 e. The third-order valence-electron chi connectivity index (χ3n) is 2.29. The molecule has 0 amide bonds. The van der Waals surface area contributed by atoms with E-state index in [2.05, 4.69) is 10.1 Å². The maximum absolute atomic E-state index is 11.5. The van der Waals surface area contributed by atoms with Crippen LogP contribution in [0.25, 0.3) is 5.82 Å². The monoisotopic (exact) mass is 265 g/mol. The maximum atomic E-state index is 11.5. The minimum Gasteiger partial charge on any atom is -0.466 e. The van der Waals surface area contributed by atoms with Crippen molar-refractivity contribution in [3.05, 3.63) is 41.3 Å². The number of pyridine rings is 1. The van der Waals surface area contributed by atoms with Gasteiger partial charge >= 0.3 is 5.97 Å². The molecular formula is C12H12ClN3O2. The predicted molar refractivity (Wildman–Crippen MR) is 66.7 cm³/mol. The van der Waals surface area contributed by atoms with E-state index in [-0.39, 0.29) is 12.4 Å². The molecule has 2 aromatic heterocycles.